The number of rotatable bonds is 4. The minimum atomic E-state index is -1.39. The summed E-state index contributed by atoms with van der Waals surface area (Å²) in [7, 11) is -6.29. The summed E-state index contributed by atoms with van der Waals surface area (Å²) in [5, 5.41) is 0. The first-order valence-corrected chi connectivity index (χ1v) is 26.7. The van der Waals surface area contributed by atoms with Crippen molar-refractivity contribution in [1.29, 1.82) is 0 Å². The zero-order chi connectivity index (χ0) is 18.9. The van der Waals surface area contributed by atoms with Crippen molar-refractivity contribution < 1.29 is 0 Å². The molecule has 0 bridgehead atoms. The predicted octanol–water partition coefficient (Wildman–Crippen LogP) is 7.48. The van der Waals surface area contributed by atoms with E-state index in [0.29, 0.717) is 0 Å². The van der Waals surface area contributed by atoms with E-state index in [0.717, 1.165) is 8.57 Å². The summed E-state index contributed by atoms with van der Waals surface area (Å²) in [6.07, 6.45) is 3.18. The molecular weight excluding hydrogens is 357 g/mol. The van der Waals surface area contributed by atoms with Crippen molar-refractivity contribution in [2.75, 3.05) is 0 Å². The molecule has 23 heavy (non-hydrogen) atoms. The van der Waals surface area contributed by atoms with Crippen LogP contribution in [0.4, 0.5) is 0 Å². The van der Waals surface area contributed by atoms with Crippen LogP contribution in [0.3, 0.4) is 0 Å². The molecule has 0 spiro atoms. The van der Waals surface area contributed by atoms with Gasteiger partial charge in [0.05, 0.1) is 0 Å². The van der Waals surface area contributed by atoms with Gasteiger partial charge in [-0.05, 0) is 8.57 Å². The van der Waals surface area contributed by atoms with Gasteiger partial charge in [0.1, 0.15) is 0 Å². The second kappa shape index (κ2) is 5.54. The molecule has 0 atom stereocenters. The Morgan fingerprint density at radius 2 is 0.652 bits per heavy atom. The number of hydrogen-bond acceptors (Lipinski definition) is 0. The molecule has 1 rings (SSSR count). The van der Waals surface area contributed by atoms with E-state index in [1.165, 1.54) is 0 Å². The normalized spacial score (nSPS) is 24.8. The van der Waals surface area contributed by atoms with E-state index in [1.807, 2.05) is 0 Å². The molecule has 0 radical (unpaired) electrons. The highest BCUT2D eigenvalue weighted by molar-refractivity contribution is 7.26. The second-order valence-corrected chi connectivity index (χ2v) is 42.3. The average molecular weight is 403 g/mol. The van der Waals surface area contributed by atoms with Crippen LogP contribution in [0.2, 0.25) is 100 Å². The first kappa shape index (κ1) is 22.1. The van der Waals surface area contributed by atoms with Gasteiger partial charge in [-0.3, -0.25) is 0 Å². The van der Waals surface area contributed by atoms with Crippen LogP contribution in [-0.2, 0) is 0 Å². The molecule has 1 saturated heterocycles. The Labute approximate surface area is 153 Å². The maximum Gasteiger partial charge on any atom is 0.0492 e. The third-order valence-corrected chi connectivity index (χ3v) is 49.6. The first-order chi connectivity index (χ1) is 9.71. The molecule has 1 fully saturated rings. The molecule has 1 aliphatic heterocycles. The van der Waals surface area contributed by atoms with Crippen LogP contribution in [-0.4, -0.2) is 40.4 Å². The van der Waals surface area contributed by atoms with E-state index in [-0.39, 0.29) is 0 Å². The smallest absolute Gasteiger partial charge is 0.0492 e. The zero-order valence-electron chi connectivity index (χ0n) is 18.9. The summed E-state index contributed by atoms with van der Waals surface area (Å²) in [5.41, 5.74) is 0. The predicted molar refractivity (Wildman–Crippen MR) is 125 cm³/mol. The van der Waals surface area contributed by atoms with Crippen LogP contribution in [0.5, 0.6) is 0 Å². The van der Waals surface area contributed by atoms with Crippen molar-refractivity contribution in [2.45, 2.75) is 113 Å². The fourth-order valence-electron chi connectivity index (χ4n) is 8.86. The van der Waals surface area contributed by atoms with Crippen molar-refractivity contribution in [1.82, 2.24) is 0 Å². The molecule has 5 heteroatoms. The van der Waals surface area contributed by atoms with Crippen LogP contribution in [0, 0.1) is 0 Å². The SMILES string of the molecule is C[Si](C)(C)C1([Si](C)(C)C)CCC([Si](C)(C)C)([Si](C)(C)C)[Si]1(C)C. The van der Waals surface area contributed by atoms with E-state index in [2.05, 4.69) is 91.7 Å². The Morgan fingerprint density at radius 3 is 0.739 bits per heavy atom. The lowest BCUT2D eigenvalue weighted by Gasteiger charge is -2.65. The van der Waals surface area contributed by atoms with Gasteiger partial charge in [-0.25, -0.2) is 0 Å². The van der Waals surface area contributed by atoms with E-state index in [4.69, 9.17) is 0 Å². The summed E-state index contributed by atoms with van der Waals surface area (Å²) in [4.78, 5) is 0. The Morgan fingerprint density at radius 1 is 0.478 bits per heavy atom. The van der Waals surface area contributed by atoms with Crippen molar-refractivity contribution >= 4 is 40.4 Å². The third kappa shape index (κ3) is 2.66. The zero-order valence-corrected chi connectivity index (χ0v) is 23.9. The highest BCUT2D eigenvalue weighted by Gasteiger charge is 2.76. The Hall–Kier alpha value is 1.08. The van der Waals surface area contributed by atoms with Crippen molar-refractivity contribution in [2.24, 2.45) is 0 Å². The van der Waals surface area contributed by atoms with Crippen LogP contribution >= 0.6 is 0 Å². The minimum Gasteiger partial charge on any atom is -0.0696 e. The summed E-state index contributed by atoms with van der Waals surface area (Å²) in [6, 6.07) is 0. The third-order valence-electron chi connectivity index (χ3n) is 8.13. The molecule has 0 saturated carbocycles. The van der Waals surface area contributed by atoms with E-state index < -0.39 is 40.4 Å². The largest absolute Gasteiger partial charge is 0.0696 e. The van der Waals surface area contributed by atoms with Crippen molar-refractivity contribution in [3.63, 3.8) is 0 Å². The number of hydrogen-bond donors (Lipinski definition) is 0. The van der Waals surface area contributed by atoms with E-state index in [9.17, 15) is 0 Å². The van der Waals surface area contributed by atoms with Gasteiger partial charge in [0.15, 0.2) is 0 Å². The summed E-state index contributed by atoms with van der Waals surface area (Å²) in [6.45, 7) is 38.5. The maximum atomic E-state index is 2.88. The van der Waals surface area contributed by atoms with Gasteiger partial charge >= 0.3 is 0 Å². The van der Waals surface area contributed by atoms with Gasteiger partial charge in [0, 0.05) is 40.4 Å². The lowest BCUT2D eigenvalue weighted by atomic mass is 10.4. The van der Waals surface area contributed by atoms with Crippen molar-refractivity contribution in [3.05, 3.63) is 0 Å². The highest BCUT2D eigenvalue weighted by atomic mass is 28.5. The molecular formula is C18H46Si5. The van der Waals surface area contributed by atoms with Gasteiger partial charge in [-0.2, -0.15) is 0 Å². The lowest BCUT2D eigenvalue weighted by Crippen LogP contribution is -2.73. The molecule has 0 aromatic carbocycles. The molecule has 0 aliphatic carbocycles. The lowest BCUT2D eigenvalue weighted by molar-refractivity contribution is 0.763. The fraction of sp³-hybridized carbons (Fsp3) is 1.00. The van der Waals surface area contributed by atoms with Gasteiger partial charge in [0.25, 0.3) is 0 Å². The van der Waals surface area contributed by atoms with Crippen LogP contribution < -0.4 is 0 Å². The molecule has 0 amide bonds. The van der Waals surface area contributed by atoms with Crippen molar-refractivity contribution in [3.8, 4) is 0 Å². The quantitative estimate of drug-likeness (QED) is 0.427. The second-order valence-electron chi connectivity index (χ2n) is 12.9. The van der Waals surface area contributed by atoms with E-state index >= 15 is 0 Å². The molecule has 0 aromatic heterocycles. The van der Waals surface area contributed by atoms with Gasteiger partial charge < -0.3 is 0 Å². The average Bonchev–Trinajstić information content (AvgIpc) is 2.42. The van der Waals surface area contributed by atoms with Crippen LogP contribution in [0.25, 0.3) is 0 Å². The van der Waals surface area contributed by atoms with E-state index in [1.54, 1.807) is 12.8 Å². The topological polar surface area (TPSA) is 0 Å². The monoisotopic (exact) mass is 402 g/mol. The summed E-state index contributed by atoms with van der Waals surface area (Å²) >= 11 is 0. The minimum absolute atomic E-state index is 0.799. The van der Waals surface area contributed by atoms with Gasteiger partial charge in [-0.15, -0.1) is 0 Å². The fourth-order valence-corrected chi connectivity index (χ4v) is 66.7. The molecule has 0 aromatic rings. The van der Waals surface area contributed by atoms with Gasteiger partial charge in [-0.1, -0.05) is 104 Å². The van der Waals surface area contributed by atoms with Crippen LogP contribution in [0.1, 0.15) is 12.8 Å². The molecule has 0 nitrogen and oxygen atoms in total. The molecule has 1 aliphatic rings. The highest BCUT2D eigenvalue weighted by Crippen LogP contribution is 2.75. The summed E-state index contributed by atoms with van der Waals surface area (Å²) < 4.78 is 1.60. The summed E-state index contributed by atoms with van der Waals surface area (Å²) in [5.74, 6) is 0. The molecule has 0 unspecified atom stereocenters. The Kier molecular flexibility index (Phi) is 5.33. The Bertz CT molecular complexity index is 382. The Balaban J connectivity index is 3.88. The maximum absolute atomic E-state index is 2.88. The molecule has 1 heterocycles. The first-order valence-electron chi connectivity index (χ1n) is 9.71. The standard InChI is InChI=1S/C18H46Si5/c1-19(2,3)17(20(4,5)6)15-16-18(21(7,8)9,22(10,11)12)23(17,13)14/h15-16H2,1-14H3. The molecule has 138 valence electrons. The van der Waals surface area contributed by atoms with Crippen LogP contribution in [0.15, 0.2) is 0 Å². The molecule has 0 N–H and O–H groups in total. The van der Waals surface area contributed by atoms with Gasteiger partial charge in [0.2, 0.25) is 0 Å².